The maximum absolute atomic E-state index is 10.3. The van der Waals surface area contributed by atoms with Gasteiger partial charge in [0, 0.05) is 12.1 Å². The first-order valence-corrected chi connectivity index (χ1v) is 7.37. The van der Waals surface area contributed by atoms with Gasteiger partial charge < -0.3 is 5.11 Å². The Morgan fingerprint density at radius 1 is 1.17 bits per heavy atom. The summed E-state index contributed by atoms with van der Waals surface area (Å²) in [6.07, 6.45) is 6.40. The van der Waals surface area contributed by atoms with Gasteiger partial charge in [0.1, 0.15) is 0 Å². The third-order valence-electron chi connectivity index (χ3n) is 3.21. The van der Waals surface area contributed by atoms with E-state index in [1.807, 2.05) is 0 Å². The summed E-state index contributed by atoms with van der Waals surface area (Å²) in [5.74, 6) is 0.992. The lowest BCUT2D eigenvalue weighted by Gasteiger charge is -2.04. The van der Waals surface area contributed by atoms with Crippen LogP contribution in [0.15, 0.2) is 0 Å². The first-order valence-electron chi connectivity index (χ1n) is 7.37. The smallest absolute Gasteiger partial charge is 0.212 e. The molecule has 0 aliphatic carbocycles. The predicted octanol–water partition coefficient (Wildman–Crippen LogP) is 3.93. The van der Waals surface area contributed by atoms with Crippen molar-refractivity contribution in [2.75, 3.05) is 0 Å². The summed E-state index contributed by atoms with van der Waals surface area (Å²) >= 11 is 0. The van der Waals surface area contributed by atoms with Crippen molar-refractivity contribution < 1.29 is 5.11 Å². The molecule has 0 saturated carbocycles. The van der Waals surface area contributed by atoms with Crippen LogP contribution in [0.5, 0.6) is 5.88 Å². The minimum atomic E-state index is 0.410. The third kappa shape index (κ3) is 4.04. The van der Waals surface area contributed by atoms with E-state index in [2.05, 4.69) is 32.8 Å². The topological polar surface area (TPSA) is 38.0 Å². The van der Waals surface area contributed by atoms with Crippen LogP contribution in [-0.2, 0) is 19.4 Å². The SMILES string of the molecule is CCCCc1c(CC(C)C)nn(CCCC)c1O. The summed E-state index contributed by atoms with van der Waals surface area (Å²) < 4.78 is 1.80. The number of unbranched alkanes of at least 4 members (excludes halogenated alkanes) is 2. The maximum atomic E-state index is 10.3. The highest BCUT2D eigenvalue weighted by Gasteiger charge is 2.17. The largest absolute Gasteiger partial charge is 0.493 e. The van der Waals surface area contributed by atoms with E-state index in [1.165, 1.54) is 0 Å². The second-order valence-electron chi connectivity index (χ2n) is 5.53. The van der Waals surface area contributed by atoms with Gasteiger partial charge >= 0.3 is 0 Å². The summed E-state index contributed by atoms with van der Waals surface area (Å²) in [6, 6.07) is 0. The minimum absolute atomic E-state index is 0.410. The van der Waals surface area contributed by atoms with Gasteiger partial charge in [-0.15, -0.1) is 0 Å². The fraction of sp³-hybridized carbons (Fsp3) is 0.800. The highest BCUT2D eigenvalue weighted by Crippen LogP contribution is 2.25. The second kappa shape index (κ2) is 7.45. The Labute approximate surface area is 111 Å². The van der Waals surface area contributed by atoms with Crippen LogP contribution in [0.2, 0.25) is 0 Å². The molecule has 1 rings (SSSR count). The van der Waals surface area contributed by atoms with Gasteiger partial charge in [-0.3, -0.25) is 0 Å². The molecule has 0 unspecified atom stereocenters. The van der Waals surface area contributed by atoms with Crippen LogP contribution >= 0.6 is 0 Å². The molecule has 18 heavy (non-hydrogen) atoms. The Morgan fingerprint density at radius 3 is 2.39 bits per heavy atom. The number of aromatic nitrogens is 2. The van der Waals surface area contributed by atoms with E-state index in [4.69, 9.17) is 0 Å². The first kappa shape index (κ1) is 15.1. The third-order valence-corrected chi connectivity index (χ3v) is 3.21. The van der Waals surface area contributed by atoms with Crippen molar-refractivity contribution >= 4 is 0 Å². The molecule has 0 fully saturated rings. The van der Waals surface area contributed by atoms with E-state index >= 15 is 0 Å². The summed E-state index contributed by atoms with van der Waals surface area (Å²) in [5.41, 5.74) is 2.19. The molecule has 3 heteroatoms. The molecule has 0 atom stereocenters. The molecule has 0 bridgehead atoms. The fourth-order valence-corrected chi connectivity index (χ4v) is 2.16. The fourth-order valence-electron chi connectivity index (χ4n) is 2.16. The van der Waals surface area contributed by atoms with Crippen LogP contribution < -0.4 is 0 Å². The molecule has 0 radical (unpaired) electrons. The van der Waals surface area contributed by atoms with E-state index in [0.717, 1.165) is 56.3 Å². The molecule has 3 nitrogen and oxygen atoms in total. The van der Waals surface area contributed by atoms with E-state index in [0.29, 0.717) is 11.8 Å². The van der Waals surface area contributed by atoms with E-state index in [1.54, 1.807) is 4.68 Å². The van der Waals surface area contributed by atoms with Crippen LogP contribution in [0.4, 0.5) is 0 Å². The maximum Gasteiger partial charge on any atom is 0.212 e. The van der Waals surface area contributed by atoms with E-state index in [-0.39, 0.29) is 0 Å². The average molecular weight is 252 g/mol. The Hall–Kier alpha value is -0.990. The molecule has 104 valence electrons. The van der Waals surface area contributed by atoms with Crippen LogP contribution in [0.1, 0.15) is 64.6 Å². The normalized spacial score (nSPS) is 11.4. The number of rotatable bonds is 8. The number of aromatic hydroxyl groups is 1. The number of hydrogen-bond donors (Lipinski definition) is 1. The quantitative estimate of drug-likeness (QED) is 0.761. The zero-order chi connectivity index (χ0) is 13.5. The molecule has 0 aliphatic rings. The molecule has 0 amide bonds. The summed E-state index contributed by atoms with van der Waals surface area (Å²) in [4.78, 5) is 0. The highest BCUT2D eigenvalue weighted by molar-refractivity contribution is 5.31. The molecular formula is C15H28N2O. The van der Waals surface area contributed by atoms with Crippen molar-refractivity contribution in [3.63, 3.8) is 0 Å². The molecule has 1 aromatic rings. The van der Waals surface area contributed by atoms with Crippen LogP contribution in [0.25, 0.3) is 0 Å². The molecule has 1 N–H and O–H groups in total. The van der Waals surface area contributed by atoms with Crippen molar-refractivity contribution in [3.8, 4) is 5.88 Å². The number of hydrogen-bond acceptors (Lipinski definition) is 2. The van der Waals surface area contributed by atoms with Crippen LogP contribution in [0, 0.1) is 5.92 Å². The standard InChI is InChI=1S/C15H28N2O/c1-5-7-9-13-14(11-12(3)4)16-17(15(13)18)10-8-6-2/h12,18H,5-11H2,1-4H3. The molecule has 0 aliphatic heterocycles. The van der Waals surface area contributed by atoms with Gasteiger partial charge in [0.2, 0.25) is 5.88 Å². The summed E-state index contributed by atoms with van der Waals surface area (Å²) in [6.45, 7) is 9.57. The zero-order valence-corrected chi connectivity index (χ0v) is 12.4. The van der Waals surface area contributed by atoms with Crippen LogP contribution in [-0.4, -0.2) is 14.9 Å². The minimum Gasteiger partial charge on any atom is -0.493 e. The Bertz CT molecular complexity index is 356. The number of nitrogens with zero attached hydrogens (tertiary/aromatic N) is 2. The van der Waals surface area contributed by atoms with Gasteiger partial charge in [-0.2, -0.15) is 5.10 Å². The zero-order valence-electron chi connectivity index (χ0n) is 12.4. The first-order chi connectivity index (χ1) is 8.60. The summed E-state index contributed by atoms with van der Waals surface area (Å²) in [5, 5.41) is 14.9. The predicted molar refractivity (Wildman–Crippen MR) is 76.0 cm³/mol. The number of aryl methyl sites for hydroxylation is 1. The van der Waals surface area contributed by atoms with Gasteiger partial charge in [0.15, 0.2) is 0 Å². The summed E-state index contributed by atoms with van der Waals surface area (Å²) in [7, 11) is 0. The van der Waals surface area contributed by atoms with Gasteiger partial charge in [-0.25, -0.2) is 4.68 Å². The monoisotopic (exact) mass is 252 g/mol. The van der Waals surface area contributed by atoms with Gasteiger partial charge in [-0.05, 0) is 31.6 Å². The molecular weight excluding hydrogens is 224 g/mol. The van der Waals surface area contributed by atoms with Crippen molar-refractivity contribution in [2.24, 2.45) is 5.92 Å². The molecule has 0 spiro atoms. The van der Waals surface area contributed by atoms with Crippen molar-refractivity contribution in [1.82, 2.24) is 9.78 Å². The lowest BCUT2D eigenvalue weighted by molar-refractivity contribution is 0.388. The molecule has 0 aromatic carbocycles. The van der Waals surface area contributed by atoms with Crippen molar-refractivity contribution in [1.29, 1.82) is 0 Å². The van der Waals surface area contributed by atoms with E-state index in [9.17, 15) is 5.11 Å². The highest BCUT2D eigenvalue weighted by atomic mass is 16.3. The average Bonchev–Trinajstić information content (AvgIpc) is 2.60. The van der Waals surface area contributed by atoms with Gasteiger partial charge in [0.25, 0.3) is 0 Å². The lowest BCUT2D eigenvalue weighted by Crippen LogP contribution is -2.02. The Morgan fingerprint density at radius 2 is 1.83 bits per heavy atom. The van der Waals surface area contributed by atoms with Gasteiger partial charge in [-0.1, -0.05) is 40.5 Å². The van der Waals surface area contributed by atoms with E-state index < -0.39 is 0 Å². The Kier molecular flexibility index (Phi) is 6.23. The van der Waals surface area contributed by atoms with Crippen LogP contribution in [0.3, 0.4) is 0 Å². The van der Waals surface area contributed by atoms with Crippen molar-refractivity contribution in [2.45, 2.75) is 72.8 Å². The van der Waals surface area contributed by atoms with Gasteiger partial charge in [0.05, 0.1) is 5.69 Å². The lowest BCUT2D eigenvalue weighted by atomic mass is 10.0. The Balaban J connectivity index is 2.90. The molecule has 1 heterocycles. The second-order valence-corrected chi connectivity index (χ2v) is 5.53. The molecule has 0 saturated heterocycles. The molecule has 1 aromatic heterocycles. The van der Waals surface area contributed by atoms with Crippen molar-refractivity contribution in [3.05, 3.63) is 11.3 Å².